The summed E-state index contributed by atoms with van der Waals surface area (Å²) in [4.78, 5) is 0. The van der Waals surface area contributed by atoms with Crippen LogP contribution in [0.2, 0.25) is 18.9 Å². The van der Waals surface area contributed by atoms with Crippen LogP contribution < -0.4 is 0 Å². The molecule has 0 amide bonds. The third-order valence-electron chi connectivity index (χ3n) is 3.18. The van der Waals surface area contributed by atoms with Crippen LogP contribution in [0.3, 0.4) is 0 Å². The minimum atomic E-state index is -1.39. The molecule has 0 nitrogen and oxygen atoms in total. The summed E-state index contributed by atoms with van der Waals surface area (Å²) in [6.45, 7) is 14.5. The van der Waals surface area contributed by atoms with Gasteiger partial charge in [0.05, 0.1) is 0 Å². The first-order valence-electron chi connectivity index (χ1n) is 5.95. The molecule has 0 radical (unpaired) electrons. The Morgan fingerprint density at radius 1 is 0.769 bits per heavy atom. The van der Waals surface area contributed by atoms with Gasteiger partial charge in [-0.1, -0.05) is 0 Å². The van der Waals surface area contributed by atoms with E-state index >= 15 is 0 Å². The zero-order valence-corrected chi connectivity index (χ0v) is 12.0. The van der Waals surface area contributed by atoms with E-state index in [2.05, 4.69) is 41.5 Å². The second-order valence-corrected chi connectivity index (χ2v) is 13.6. The molecule has 0 fully saturated rings. The van der Waals surface area contributed by atoms with E-state index in [0.717, 1.165) is 11.8 Å². The van der Waals surface area contributed by atoms with E-state index < -0.39 is 16.6 Å². The molecule has 0 N–H and O–H groups in total. The van der Waals surface area contributed by atoms with Gasteiger partial charge in [-0.3, -0.25) is 0 Å². The minimum absolute atomic E-state index is 0.929. The first-order chi connectivity index (χ1) is 5.95. The van der Waals surface area contributed by atoms with E-state index in [1.807, 2.05) is 0 Å². The molecule has 0 aromatic rings. The van der Waals surface area contributed by atoms with Gasteiger partial charge >= 0.3 is 88.9 Å². The van der Waals surface area contributed by atoms with Crippen LogP contribution in [0.5, 0.6) is 0 Å². The van der Waals surface area contributed by atoms with Crippen molar-refractivity contribution in [3.8, 4) is 0 Å². The zero-order valence-electron chi connectivity index (χ0n) is 10.5. The third-order valence-corrected chi connectivity index (χ3v) is 13.1. The maximum atomic E-state index is 2.44. The topological polar surface area (TPSA) is 0 Å². The first-order valence-corrected chi connectivity index (χ1v) is 10.4. The van der Waals surface area contributed by atoms with Gasteiger partial charge in [0.2, 0.25) is 0 Å². The van der Waals surface area contributed by atoms with Crippen molar-refractivity contribution in [2.24, 2.45) is 11.8 Å². The Labute approximate surface area is 88.9 Å². The van der Waals surface area contributed by atoms with Gasteiger partial charge in [-0.2, -0.15) is 0 Å². The molecule has 0 aliphatic carbocycles. The van der Waals surface area contributed by atoms with Gasteiger partial charge < -0.3 is 0 Å². The maximum absolute atomic E-state index is 2.44. The van der Waals surface area contributed by atoms with Crippen molar-refractivity contribution in [3.05, 3.63) is 0 Å². The van der Waals surface area contributed by atoms with Crippen LogP contribution in [-0.2, 0) is 16.6 Å². The molecular formula is C12H28Ti. The third kappa shape index (κ3) is 5.22. The molecule has 13 heavy (non-hydrogen) atoms. The van der Waals surface area contributed by atoms with E-state index in [-0.39, 0.29) is 0 Å². The Morgan fingerprint density at radius 2 is 1.08 bits per heavy atom. The average molecular weight is 220 g/mol. The fourth-order valence-electron chi connectivity index (χ4n) is 2.64. The van der Waals surface area contributed by atoms with Crippen molar-refractivity contribution < 1.29 is 16.6 Å². The van der Waals surface area contributed by atoms with Crippen LogP contribution in [0.15, 0.2) is 0 Å². The van der Waals surface area contributed by atoms with Gasteiger partial charge in [-0.15, -0.1) is 0 Å². The van der Waals surface area contributed by atoms with Crippen LogP contribution >= 0.6 is 0 Å². The van der Waals surface area contributed by atoms with E-state index in [4.69, 9.17) is 0 Å². The number of hydrogen-bond donors (Lipinski definition) is 0. The normalized spacial score (nSPS) is 12.9. The summed E-state index contributed by atoms with van der Waals surface area (Å²) >= 11 is -1.39. The Balaban J connectivity index is 4.30. The van der Waals surface area contributed by atoms with Gasteiger partial charge in [-0.25, -0.2) is 0 Å². The quantitative estimate of drug-likeness (QED) is 0.542. The standard InChI is InChI=1S/2C4H9.2C2H5.Ti/c2*1-4(2)3;2*1-2;/h2*4H,1H2,2-3H3;2*1H2,2H3;. The molecule has 0 aliphatic rings. The Morgan fingerprint density at radius 3 is 1.23 bits per heavy atom. The molecule has 80 valence electrons. The molecule has 0 saturated heterocycles. The van der Waals surface area contributed by atoms with E-state index in [0.29, 0.717) is 0 Å². The number of hydrogen-bond acceptors (Lipinski definition) is 0. The van der Waals surface area contributed by atoms with Crippen LogP contribution in [-0.4, -0.2) is 0 Å². The fraction of sp³-hybridized carbons (Fsp3) is 1.00. The molecule has 1 heteroatoms. The summed E-state index contributed by atoms with van der Waals surface area (Å²) in [5, 5.41) is 0. The first kappa shape index (κ1) is 13.7. The van der Waals surface area contributed by atoms with Gasteiger partial charge in [0.1, 0.15) is 0 Å². The van der Waals surface area contributed by atoms with Crippen molar-refractivity contribution in [2.75, 3.05) is 0 Å². The van der Waals surface area contributed by atoms with Crippen molar-refractivity contribution >= 4 is 0 Å². The summed E-state index contributed by atoms with van der Waals surface area (Å²) < 4.78 is 6.25. The molecule has 0 atom stereocenters. The van der Waals surface area contributed by atoms with Crippen molar-refractivity contribution in [2.45, 2.75) is 60.4 Å². The average Bonchev–Trinajstić information content (AvgIpc) is 2.01. The van der Waals surface area contributed by atoms with Crippen molar-refractivity contribution in [3.63, 3.8) is 0 Å². The van der Waals surface area contributed by atoms with Gasteiger partial charge in [-0.05, 0) is 0 Å². The number of rotatable bonds is 6. The van der Waals surface area contributed by atoms with E-state index in [1.54, 1.807) is 9.45 Å². The summed E-state index contributed by atoms with van der Waals surface area (Å²) in [7, 11) is 0. The Bertz CT molecular complexity index is 111. The molecule has 0 spiro atoms. The molecule has 0 aromatic heterocycles. The predicted molar refractivity (Wildman–Crippen MR) is 60.3 cm³/mol. The Hall–Kier alpha value is 0.714. The van der Waals surface area contributed by atoms with Crippen molar-refractivity contribution in [1.29, 1.82) is 0 Å². The molecule has 0 saturated carbocycles. The molecule has 0 unspecified atom stereocenters. The van der Waals surface area contributed by atoms with Crippen LogP contribution in [0.1, 0.15) is 41.5 Å². The molecule has 0 aromatic carbocycles. The SMILES string of the molecule is C[CH2][Ti]([CH2]C)([CH2]C(C)C)[CH2]C(C)C. The Kier molecular flexibility index (Phi) is 6.59. The summed E-state index contributed by atoms with van der Waals surface area (Å²) in [5.41, 5.74) is 0. The summed E-state index contributed by atoms with van der Waals surface area (Å²) in [5.74, 6) is 1.86. The van der Waals surface area contributed by atoms with Gasteiger partial charge in [0.15, 0.2) is 0 Å². The van der Waals surface area contributed by atoms with Crippen molar-refractivity contribution in [1.82, 2.24) is 0 Å². The zero-order chi connectivity index (χ0) is 10.5. The second-order valence-electron chi connectivity index (χ2n) is 5.40. The molecular weight excluding hydrogens is 192 g/mol. The molecule has 0 rings (SSSR count). The molecule has 0 aliphatic heterocycles. The summed E-state index contributed by atoms with van der Waals surface area (Å²) in [6.07, 6.45) is 0. The van der Waals surface area contributed by atoms with Gasteiger partial charge in [0.25, 0.3) is 0 Å². The monoisotopic (exact) mass is 220 g/mol. The molecule has 0 heterocycles. The molecule has 0 bridgehead atoms. The van der Waals surface area contributed by atoms with E-state index in [1.165, 1.54) is 9.45 Å². The van der Waals surface area contributed by atoms with Gasteiger partial charge in [0, 0.05) is 0 Å². The predicted octanol–water partition coefficient (Wildman–Crippen LogP) is 5.17. The van der Waals surface area contributed by atoms with Crippen LogP contribution in [0.4, 0.5) is 0 Å². The fourth-order valence-corrected chi connectivity index (χ4v) is 10.9. The summed E-state index contributed by atoms with van der Waals surface area (Å²) in [6, 6.07) is 0. The van der Waals surface area contributed by atoms with Crippen LogP contribution in [0.25, 0.3) is 0 Å². The van der Waals surface area contributed by atoms with E-state index in [9.17, 15) is 0 Å². The van der Waals surface area contributed by atoms with Crippen LogP contribution in [0, 0.1) is 11.8 Å². The second kappa shape index (κ2) is 6.25.